The number of anilines is 1. The van der Waals surface area contributed by atoms with E-state index in [9.17, 15) is 26.7 Å². The Morgan fingerprint density at radius 3 is 2.04 bits per heavy atom. The second-order valence-electron chi connectivity index (χ2n) is 4.54. The Kier molecular flexibility index (Phi) is 4.78. The second-order valence-corrected chi connectivity index (χ2v) is 4.54. The fourth-order valence-corrected chi connectivity index (χ4v) is 1.74. The van der Waals surface area contributed by atoms with E-state index >= 15 is 0 Å². The Balaban J connectivity index is 2.07. The van der Waals surface area contributed by atoms with Crippen LogP contribution in [-0.2, 0) is 11.0 Å². The second kappa shape index (κ2) is 6.60. The van der Waals surface area contributed by atoms with Crippen molar-refractivity contribution in [1.82, 2.24) is 0 Å². The van der Waals surface area contributed by atoms with Gasteiger partial charge in [0.1, 0.15) is 17.3 Å². The van der Waals surface area contributed by atoms with Crippen molar-refractivity contribution in [2.45, 2.75) is 6.18 Å². The van der Waals surface area contributed by atoms with Crippen LogP contribution in [0.25, 0.3) is 6.08 Å². The van der Waals surface area contributed by atoms with Crippen LogP contribution in [0.15, 0.2) is 48.5 Å². The lowest BCUT2D eigenvalue weighted by Gasteiger charge is -2.06. The lowest BCUT2D eigenvalue weighted by molar-refractivity contribution is -0.137. The van der Waals surface area contributed by atoms with Gasteiger partial charge in [-0.3, -0.25) is 4.79 Å². The predicted molar refractivity (Wildman–Crippen MR) is 75.5 cm³/mol. The maximum Gasteiger partial charge on any atom is 0.416 e. The number of nitrogens with one attached hydrogen (secondary N) is 1. The van der Waals surface area contributed by atoms with Gasteiger partial charge < -0.3 is 5.32 Å². The number of rotatable bonds is 3. The van der Waals surface area contributed by atoms with Crippen molar-refractivity contribution in [2.24, 2.45) is 0 Å². The van der Waals surface area contributed by atoms with Crippen molar-refractivity contribution >= 4 is 17.7 Å². The summed E-state index contributed by atoms with van der Waals surface area (Å²) in [6, 6.07) is 7.21. The van der Waals surface area contributed by atoms with Crippen molar-refractivity contribution in [3.05, 3.63) is 71.3 Å². The van der Waals surface area contributed by atoms with Crippen LogP contribution in [0.4, 0.5) is 27.6 Å². The molecule has 0 aliphatic carbocycles. The van der Waals surface area contributed by atoms with Crippen molar-refractivity contribution < 1.29 is 26.7 Å². The summed E-state index contributed by atoms with van der Waals surface area (Å²) in [7, 11) is 0. The van der Waals surface area contributed by atoms with Crippen LogP contribution in [0.5, 0.6) is 0 Å². The summed E-state index contributed by atoms with van der Waals surface area (Å²) >= 11 is 0. The lowest BCUT2D eigenvalue weighted by Crippen LogP contribution is -2.10. The lowest BCUT2D eigenvalue weighted by atomic mass is 10.1. The van der Waals surface area contributed by atoms with Gasteiger partial charge in [-0.05, 0) is 35.9 Å². The number of benzene rings is 2. The molecule has 0 spiro atoms. The molecule has 7 heteroatoms. The highest BCUT2D eigenvalue weighted by atomic mass is 19.4. The number of para-hydroxylation sites is 1. The highest BCUT2D eigenvalue weighted by Crippen LogP contribution is 2.29. The molecule has 0 fully saturated rings. The molecule has 2 rings (SSSR count). The first-order valence-corrected chi connectivity index (χ1v) is 6.38. The zero-order chi connectivity index (χ0) is 17.0. The summed E-state index contributed by atoms with van der Waals surface area (Å²) in [4.78, 5) is 11.6. The van der Waals surface area contributed by atoms with Gasteiger partial charge in [-0.15, -0.1) is 0 Å². The summed E-state index contributed by atoms with van der Waals surface area (Å²) < 4.78 is 63.9. The molecular formula is C16H10F5NO. The normalized spacial score (nSPS) is 11.7. The standard InChI is InChI=1S/C16H10F5NO/c17-12-2-1-3-13(18)15(12)22-14(23)9-6-10-4-7-11(8-5-10)16(19,20)21/h1-9H,(H,22,23). The van der Waals surface area contributed by atoms with Crippen molar-refractivity contribution in [3.8, 4) is 0 Å². The Hall–Kier alpha value is -2.70. The molecule has 120 valence electrons. The number of hydrogen-bond donors (Lipinski definition) is 1. The van der Waals surface area contributed by atoms with Gasteiger partial charge in [0.2, 0.25) is 5.91 Å². The van der Waals surface area contributed by atoms with E-state index in [0.717, 1.165) is 36.4 Å². The fourth-order valence-electron chi connectivity index (χ4n) is 1.74. The summed E-state index contributed by atoms with van der Waals surface area (Å²) in [5.74, 6) is -2.67. The van der Waals surface area contributed by atoms with Crippen molar-refractivity contribution in [3.63, 3.8) is 0 Å². The van der Waals surface area contributed by atoms with Crippen LogP contribution in [0.2, 0.25) is 0 Å². The molecule has 0 unspecified atom stereocenters. The highest BCUT2D eigenvalue weighted by molar-refractivity contribution is 6.02. The third-order valence-electron chi connectivity index (χ3n) is 2.88. The van der Waals surface area contributed by atoms with Crippen LogP contribution in [0.3, 0.4) is 0 Å². The molecule has 2 nitrogen and oxygen atoms in total. The zero-order valence-electron chi connectivity index (χ0n) is 11.5. The Morgan fingerprint density at radius 1 is 0.957 bits per heavy atom. The molecule has 0 aliphatic heterocycles. The van der Waals surface area contributed by atoms with Gasteiger partial charge in [-0.2, -0.15) is 13.2 Å². The Labute approximate surface area is 128 Å². The van der Waals surface area contributed by atoms with E-state index in [1.807, 2.05) is 5.32 Å². The SMILES string of the molecule is O=C(C=Cc1ccc(C(F)(F)F)cc1)Nc1c(F)cccc1F. The summed E-state index contributed by atoms with van der Waals surface area (Å²) in [6.45, 7) is 0. The minimum atomic E-state index is -4.44. The average molecular weight is 327 g/mol. The first-order chi connectivity index (χ1) is 10.8. The van der Waals surface area contributed by atoms with Gasteiger partial charge in [-0.25, -0.2) is 8.78 Å². The van der Waals surface area contributed by atoms with Crippen LogP contribution in [0.1, 0.15) is 11.1 Å². The predicted octanol–water partition coefficient (Wildman–Crippen LogP) is 4.64. The van der Waals surface area contributed by atoms with E-state index in [1.54, 1.807) is 0 Å². The van der Waals surface area contributed by atoms with Crippen LogP contribution in [0, 0.1) is 11.6 Å². The van der Waals surface area contributed by atoms with E-state index < -0.39 is 35.0 Å². The minimum Gasteiger partial charge on any atom is -0.318 e. The molecule has 23 heavy (non-hydrogen) atoms. The van der Waals surface area contributed by atoms with Gasteiger partial charge in [0.15, 0.2) is 0 Å². The van der Waals surface area contributed by atoms with E-state index in [4.69, 9.17) is 0 Å². The van der Waals surface area contributed by atoms with Gasteiger partial charge in [0.05, 0.1) is 5.56 Å². The van der Waals surface area contributed by atoms with E-state index in [1.165, 1.54) is 18.2 Å². The van der Waals surface area contributed by atoms with Gasteiger partial charge in [-0.1, -0.05) is 18.2 Å². The molecular weight excluding hydrogens is 317 g/mol. The molecule has 0 saturated heterocycles. The van der Waals surface area contributed by atoms with E-state index in [2.05, 4.69) is 0 Å². The number of carbonyl (C=O) groups is 1. The largest absolute Gasteiger partial charge is 0.416 e. The average Bonchev–Trinajstić information content (AvgIpc) is 2.48. The van der Waals surface area contributed by atoms with Gasteiger partial charge in [0, 0.05) is 6.08 Å². The molecule has 1 N–H and O–H groups in total. The van der Waals surface area contributed by atoms with Gasteiger partial charge in [0.25, 0.3) is 0 Å². The van der Waals surface area contributed by atoms with E-state index in [0.29, 0.717) is 5.56 Å². The Bertz CT molecular complexity index is 715. The molecule has 0 aliphatic rings. The number of alkyl halides is 3. The van der Waals surface area contributed by atoms with Crippen LogP contribution >= 0.6 is 0 Å². The molecule has 1 amide bonds. The number of carbonyl (C=O) groups excluding carboxylic acids is 1. The third kappa shape index (κ3) is 4.38. The zero-order valence-corrected chi connectivity index (χ0v) is 11.5. The molecule has 0 aromatic heterocycles. The minimum absolute atomic E-state index is 0.335. The summed E-state index contributed by atoms with van der Waals surface area (Å²) in [6.07, 6.45) is -2.25. The molecule has 0 bridgehead atoms. The van der Waals surface area contributed by atoms with E-state index in [-0.39, 0.29) is 0 Å². The van der Waals surface area contributed by atoms with Crippen molar-refractivity contribution in [2.75, 3.05) is 5.32 Å². The first-order valence-electron chi connectivity index (χ1n) is 6.38. The van der Waals surface area contributed by atoms with Crippen molar-refractivity contribution in [1.29, 1.82) is 0 Å². The maximum absolute atomic E-state index is 13.3. The highest BCUT2D eigenvalue weighted by Gasteiger charge is 2.29. The molecule has 0 saturated carbocycles. The quantitative estimate of drug-likeness (QED) is 0.646. The molecule has 0 radical (unpaired) electrons. The monoisotopic (exact) mass is 327 g/mol. The summed E-state index contributed by atoms with van der Waals surface area (Å²) in [5, 5.41) is 2.03. The topological polar surface area (TPSA) is 29.1 Å². The molecule has 2 aromatic carbocycles. The maximum atomic E-state index is 13.3. The summed E-state index contributed by atoms with van der Waals surface area (Å²) in [5.41, 5.74) is -1.07. The Morgan fingerprint density at radius 2 is 1.52 bits per heavy atom. The van der Waals surface area contributed by atoms with Crippen LogP contribution in [-0.4, -0.2) is 5.91 Å². The number of halogens is 5. The number of hydrogen-bond acceptors (Lipinski definition) is 1. The smallest absolute Gasteiger partial charge is 0.318 e. The molecule has 0 heterocycles. The fraction of sp³-hybridized carbons (Fsp3) is 0.0625. The van der Waals surface area contributed by atoms with Crippen LogP contribution < -0.4 is 5.32 Å². The molecule has 2 aromatic rings. The molecule has 0 atom stereocenters. The number of amides is 1. The van der Waals surface area contributed by atoms with Gasteiger partial charge >= 0.3 is 6.18 Å². The first kappa shape index (κ1) is 16.7. The third-order valence-corrected chi connectivity index (χ3v) is 2.88.